The molecule has 0 aromatic heterocycles. The van der Waals surface area contributed by atoms with E-state index >= 15 is 0 Å². The highest BCUT2D eigenvalue weighted by atomic mass is 16.5. The Morgan fingerprint density at radius 1 is 0.912 bits per heavy atom. The molecule has 34 heavy (non-hydrogen) atoms. The van der Waals surface area contributed by atoms with Gasteiger partial charge in [0.05, 0.1) is 24.9 Å². The number of hydrogen-bond acceptors (Lipinski definition) is 5. The summed E-state index contributed by atoms with van der Waals surface area (Å²) >= 11 is 0. The maximum absolute atomic E-state index is 11.3. The van der Waals surface area contributed by atoms with Gasteiger partial charge in [0.1, 0.15) is 24.7 Å². The third kappa shape index (κ3) is 12.8. The van der Waals surface area contributed by atoms with Crippen molar-refractivity contribution in [2.45, 2.75) is 92.6 Å². The molecule has 0 heterocycles. The second-order valence-electron chi connectivity index (χ2n) is 9.27. The number of aliphatic hydroxyl groups excluding tert-OH is 1. The van der Waals surface area contributed by atoms with Crippen LogP contribution in [0, 0.1) is 5.92 Å². The Morgan fingerprint density at radius 3 is 2.00 bits per heavy atom. The zero-order chi connectivity index (χ0) is 25.2. The van der Waals surface area contributed by atoms with Crippen molar-refractivity contribution in [3.05, 3.63) is 34.9 Å². The number of rotatable bonds is 20. The minimum absolute atomic E-state index is 0.377. The predicted octanol–water partition coefficient (Wildman–Crippen LogP) is 7.06. The van der Waals surface area contributed by atoms with Gasteiger partial charge in [-0.3, -0.25) is 0 Å². The number of unbranched alkanes of at least 4 members (excludes halogenated alkanes) is 2. The molecule has 196 valence electrons. The van der Waals surface area contributed by atoms with Crippen LogP contribution in [-0.2, 0) is 15.9 Å². The van der Waals surface area contributed by atoms with E-state index in [0.29, 0.717) is 63.5 Å². The van der Waals surface area contributed by atoms with Gasteiger partial charge in [0, 0.05) is 13.2 Å². The molecule has 0 saturated carbocycles. The van der Waals surface area contributed by atoms with Crippen LogP contribution in [-0.4, -0.2) is 44.7 Å². The van der Waals surface area contributed by atoms with Crippen molar-refractivity contribution in [3.8, 4) is 11.5 Å². The molecule has 2 atom stereocenters. The van der Waals surface area contributed by atoms with E-state index in [1.165, 1.54) is 24.0 Å². The van der Waals surface area contributed by atoms with Crippen molar-refractivity contribution in [1.82, 2.24) is 0 Å². The smallest absolute Gasteiger partial charge is 0.129 e. The Bertz CT molecular complexity index is 648. The molecule has 0 aliphatic carbocycles. The molecule has 1 aromatic carbocycles. The summed E-state index contributed by atoms with van der Waals surface area (Å²) in [6.07, 6.45) is 8.79. The average Bonchev–Trinajstić information content (AvgIpc) is 2.79. The Balaban J connectivity index is 3.15. The molecule has 0 spiro atoms. The van der Waals surface area contributed by atoms with Crippen LogP contribution in [0.2, 0.25) is 0 Å². The van der Waals surface area contributed by atoms with E-state index in [1.54, 1.807) is 0 Å². The standard InChI is InChI=1S/C29H50O5/c1-7-10-11-15-25-21-27(33-18-16-31-8-2)29(28(22-25)34-19-17-32-9-3)26(30)20-24(6)14-12-13-23(4)5/h13,21-22,24,26,30H,7-12,14-20H2,1-6H3/t24-,26?/m1/s1. The first-order valence-electron chi connectivity index (χ1n) is 13.3. The largest absolute Gasteiger partial charge is 0.491 e. The van der Waals surface area contributed by atoms with E-state index in [-0.39, 0.29) is 0 Å². The van der Waals surface area contributed by atoms with Gasteiger partial charge >= 0.3 is 0 Å². The number of hydrogen-bond donors (Lipinski definition) is 1. The number of ether oxygens (including phenoxy) is 4. The maximum Gasteiger partial charge on any atom is 0.129 e. The lowest BCUT2D eigenvalue weighted by molar-refractivity contribution is 0.0976. The first-order valence-corrected chi connectivity index (χ1v) is 13.3. The van der Waals surface area contributed by atoms with Gasteiger partial charge in [0.2, 0.25) is 0 Å². The lowest BCUT2D eigenvalue weighted by atomic mass is 9.92. The second-order valence-corrected chi connectivity index (χ2v) is 9.27. The van der Waals surface area contributed by atoms with Crippen molar-refractivity contribution in [2.75, 3.05) is 39.6 Å². The molecule has 1 N–H and O–H groups in total. The Kier molecular flexibility index (Phi) is 16.8. The van der Waals surface area contributed by atoms with Gasteiger partial charge < -0.3 is 24.1 Å². The SMILES string of the molecule is CCCCCc1cc(OCCOCC)c(C(O)C[C@H](C)CCC=C(C)C)c(OCCOCC)c1. The molecule has 1 unspecified atom stereocenters. The topological polar surface area (TPSA) is 57.2 Å². The molecule has 0 radical (unpaired) electrons. The fourth-order valence-electron chi connectivity index (χ4n) is 3.93. The number of allylic oxidation sites excluding steroid dienone is 2. The Labute approximate surface area is 208 Å². The van der Waals surface area contributed by atoms with E-state index in [2.05, 4.69) is 45.9 Å². The van der Waals surface area contributed by atoms with Crippen LogP contribution in [0.5, 0.6) is 11.5 Å². The van der Waals surface area contributed by atoms with Crippen molar-refractivity contribution < 1.29 is 24.1 Å². The van der Waals surface area contributed by atoms with Crippen molar-refractivity contribution in [2.24, 2.45) is 5.92 Å². The summed E-state index contributed by atoms with van der Waals surface area (Å²) in [5, 5.41) is 11.3. The van der Waals surface area contributed by atoms with E-state index in [0.717, 1.165) is 31.2 Å². The monoisotopic (exact) mass is 478 g/mol. The van der Waals surface area contributed by atoms with Crippen LogP contribution in [0.4, 0.5) is 0 Å². The highest BCUT2D eigenvalue weighted by Crippen LogP contribution is 2.39. The van der Waals surface area contributed by atoms with Crippen LogP contribution < -0.4 is 9.47 Å². The van der Waals surface area contributed by atoms with Gasteiger partial charge in [-0.2, -0.15) is 0 Å². The predicted molar refractivity (Wildman–Crippen MR) is 141 cm³/mol. The van der Waals surface area contributed by atoms with Crippen LogP contribution in [0.1, 0.15) is 97.3 Å². The maximum atomic E-state index is 11.3. The fourth-order valence-corrected chi connectivity index (χ4v) is 3.93. The minimum Gasteiger partial charge on any atom is -0.491 e. The number of benzene rings is 1. The molecule has 1 aromatic rings. The molecule has 1 rings (SSSR count). The summed E-state index contributed by atoms with van der Waals surface area (Å²) in [4.78, 5) is 0. The lowest BCUT2D eigenvalue weighted by Crippen LogP contribution is -2.14. The normalized spacial score (nSPS) is 12.9. The molecule has 0 aliphatic rings. The van der Waals surface area contributed by atoms with Crippen molar-refractivity contribution >= 4 is 0 Å². The quantitative estimate of drug-likeness (QED) is 0.161. The van der Waals surface area contributed by atoms with Crippen LogP contribution >= 0.6 is 0 Å². The van der Waals surface area contributed by atoms with E-state index < -0.39 is 6.10 Å². The summed E-state index contributed by atoms with van der Waals surface area (Å²) in [5.74, 6) is 1.80. The molecule has 5 heteroatoms. The molecule has 0 saturated heterocycles. The number of aryl methyl sites for hydroxylation is 1. The highest BCUT2D eigenvalue weighted by Gasteiger charge is 2.23. The third-order valence-electron chi connectivity index (χ3n) is 5.78. The van der Waals surface area contributed by atoms with Crippen molar-refractivity contribution in [3.63, 3.8) is 0 Å². The van der Waals surface area contributed by atoms with Gasteiger partial charge in [0.25, 0.3) is 0 Å². The molecule has 0 fully saturated rings. The van der Waals surface area contributed by atoms with E-state index in [1.807, 2.05) is 13.8 Å². The van der Waals surface area contributed by atoms with Gasteiger partial charge in [-0.15, -0.1) is 0 Å². The zero-order valence-electron chi connectivity index (χ0n) is 22.7. The van der Waals surface area contributed by atoms with Gasteiger partial charge in [0.15, 0.2) is 0 Å². The molecule has 0 bridgehead atoms. The van der Waals surface area contributed by atoms with Crippen molar-refractivity contribution in [1.29, 1.82) is 0 Å². The lowest BCUT2D eigenvalue weighted by Gasteiger charge is -2.23. The summed E-state index contributed by atoms with van der Waals surface area (Å²) in [5.41, 5.74) is 3.27. The van der Waals surface area contributed by atoms with Gasteiger partial charge in [-0.25, -0.2) is 0 Å². The molecule has 0 amide bonds. The molecule has 5 nitrogen and oxygen atoms in total. The summed E-state index contributed by atoms with van der Waals surface area (Å²) in [6.45, 7) is 15.9. The Hall–Kier alpha value is -1.56. The van der Waals surface area contributed by atoms with Crippen LogP contribution in [0.3, 0.4) is 0 Å². The molecular weight excluding hydrogens is 428 g/mol. The highest BCUT2D eigenvalue weighted by molar-refractivity contribution is 5.49. The fraction of sp³-hybridized carbons (Fsp3) is 0.724. The molecular formula is C29H50O5. The Morgan fingerprint density at radius 2 is 1.50 bits per heavy atom. The first kappa shape index (κ1) is 30.5. The van der Waals surface area contributed by atoms with Gasteiger partial charge in [-0.05, 0) is 83.4 Å². The summed E-state index contributed by atoms with van der Waals surface area (Å²) in [7, 11) is 0. The van der Waals surface area contributed by atoms with Crippen LogP contribution in [0.15, 0.2) is 23.8 Å². The second kappa shape index (κ2) is 18.7. The third-order valence-corrected chi connectivity index (χ3v) is 5.78. The van der Waals surface area contributed by atoms with Gasteiger partial charge in [-0.1, -0.05) is 38.3 Å². The van der Waals surface area contributed by atoms with Crippen LogP contribution in [0.25, 0.3) is 0 Å². The number of aliphatic hydroxyl groups is 1. The van der Waals surface area contributed by atoms with E-state index in [4.69, 9.17) is 18.9 Å². The van der Waals surface area contributed by atoms with E-state index in [9.17, 15) is 5.11 Å². The molecule has 0 aliphatic heterocycles. The average molecular weight is 479 g/mol. The summed E-state index contributed by atoms with van der Waals surface area (Å²) < 4.78 is 23.3. The zero-order valence-corrected chi connectivity index (χ0v) is 22.7. The minimum atomic E-state index is -0.657. The summed E-state index contributed by atoms with van der Waals surface area (Å²) in [6, 6.07) is 4.17. The first-order chi connectivity index (χ1) is 16.4.